The maximum absolute atomic E-state index is 5.67. The molecule has 0 aliphatic heterocycles. The molecule has 94 valence electrons. The number of thiocarbonyl (C=S) groups is 1. The predicted octanol–water partition coefficient (Wildman–Crippen LogP) is 1.41. The van der Waals surface area contributed by atoms with Gasteiger partial charge >= 0.3 is 0 Å². The standard InChI is InChI=1S/C12H15N5S/c13-12(18)10-4-1-2-5-11(10)14-6-3-8-17-9-7-15-16-17/h1-2,4-5,7,9,14H,3,6,8H2,(H2,13,18). The van der Waals surface area contributed by atoms with Gasteiger partial charge in [-0.1, -0.05) is 29.6 Å². The first-order valence-electron chi connectivity index (χ1n) is 5.74. The van der Waals surface area contributed by atoms with E-state index in [0.29, 0.717) is 4.99 Å². The zero-order valence-electron chi connectivity index (χ0n) is 9.91. The molecule has 6 heteroatoms. The van der Waals surface area contributed by atoms with Crippen LogP contribution in [0, 0.1) is 0 Å². The van der Waals surface area contributed by atoms with Crippen LogP contribution in [0.3, 0.4) is 0 Å². The molecule has 5 nitrogen and oxygen atoms in total. The summed E-state index contributed by atoms with van der Waals surface area (Å²) in [7, 11) is 0. The zero-order valence-corrected chi connectivity index (χ0v) is 10.7. The Morgan fingerprint density at radius 1 is 1.39 bits per heavy atom. The molecular weight excluding hydrogens is 246 g/mol. The van der Waals surface area contributed by atoms with Crippen LogP contribution in [0.1, 0.15) is 12.0 Å². The fourth-order valence-corrected chi connectivity index (χ4v) is 1.85. The second-order valence-electron chi connectivity index (χ2n) is 3.86. The van der Waals surface area contributed by atoms with Gasteiger partial charge in [-0.05, 0) is 18.6 Å². The third-order valence-corrected chi connectivity index (χ3v) is 2.76. The van der Waals surface area contributed by atoms with Crippen LogP contribution in [0.4, 0.5) is 5.69 Å². The summed E-state index contributed by atoms with van der Waals surface area (Å²) < 4.78 is 1.81. The molecule has 0 bridgehead atoms. The first kappa shape index (κ1) is 12.5. The zero-order chi connectivity index (χ0) is 12.8. The number of nitrogens with zero attached hydrogens (tertiary/aromatic N) is 3. The summed E-state index contributed by atoms with van der Waals surface area (Å²) in [5.41, 5.74) is 7.52. The van der Waals surface area contributed by atoms with Gasteiger partial charge < -0.3 is 11.1 Å². The van der Waals surface area contributed by atoms with Crippen molar-refractivity contribution < 1.29 is 0 Å². The van der Waals surface area contributed by atoms with Crippen molar-refractivity contribution in [1.82, 2.24) is 15.0 Å². The normalized spacial score (nSPS) is 10.2. The van der Waals surface area contributed by atoms with Crippen LogP contribution in [-0.4, -0.2) is 26.5 Å². The van der Waals surface area contributed by atoms with Crippen molar-refractivity contribution in [3.8, 4) is 0 Å². The second-order valence-corrected chi connectivity index (χ2v) is 4.30. The highest BCUT2D eigenvalue weighted by Gasteiger charge is 2.02. The number of anilines is 1. The average molecular weight is 261 g/mol. The van der Waals surface area contributed by atoms with Crippen molar-refractivity contribution in [3.63, 3.8) is 0 Å². The maximum Gasteiger partial charge on any atom is 0.106 e. The van der Waals surface area contributed by atoms with Crippen molar-refractivity contribution in [2.24, 2.45) is 5.73 Å². The molecule has 0 aliphatic carbocycles. The van der Waals surface area contributed by atoms with Gasteiger partial charge in [0.1, 0.15) is 4.99 Å². The lowest BCUT2D eigenvalue weighted by atomic mass is 10.2. The number of nitrogens with two attached hydrogens (primary N) is 1. The quantitative estimate of drug-likeness (QED) is 0.608. The lowest BCUT2D eigenvalue weighted by Crippen LogP contribution is -2.14. The summed E-state index contributed by atoms with van der Waals surface area (Å²) in [6.45, 7) is 1.67. The first-order chi connectivity index (χ1) is 8.77. The molecule has 3 N–H and O–H groups in total. The summed E-state index contributed by atoms with van der Waals surface area (Å²) in [4.78, 5) is 0.411. The number of hydrogen-bond acceptors (Lipinski definition) is 4. The van der Waals surface area contributed by atoms with Crippen molar-refractivity contribution in [2.75, 3.05) is 11.9 Å². The van der Waals surface area contributed by atoms with Gasteiger partial charge in [0, 0.05) is 30.5 Å². The number of nitrogens with one attached hydrogen (secondary N) is 1. The Balaban J connectivity index is 1.85. The van der Waals surface area contributed by atoms with Crippen molar-refractivity contribution in [2.45, 2.75) is 13.0 Å². The summed E-state index contributed by atoms with van der Waals surface area (Å²) >= 11 is 5.01. The van der Waals surface area contributed by atoms with E-state index in [0.717, 1.165) is 30.8 Å². The summed E-state index contributed by atoms with van der Waals surface area (Å²) in [6.07, 6.45) is 4.48. The number of aromatic nitrogens is 3. The highest BCUT2D eigenvalue weighted by Crippen LogP contribution is 2.14. The highest BCUT2D eigenvalue weighted by atomic mass is 32.1. The van der Waals surface area contributed by atoms with Gasteiger partial charge in [0.2, 0.25) is 0 Å². The SMILES string of the molecule is NC(=S)c1ccccc1NCCCn1ccnn1. The van der Waals surface area contributed by atoms with Crippen molar-refractivity contribution in [1.29, 1.82) is 0 Å². The van der Waals surface area contributed by atoms with Gasteiger partial charge in [0.25, 0.3) is 0 Å². The number of para-hydroxylation sites is 1. The van der Waals surface area contributed by atoms with Gasteiger partial charge in [-0.15, -0.1) is 5.10 Å². The fraction of sp³-hybridized carbons (Fsp3) is 0.250. The van der Waals surface area contributed by atoms with E-state index in [1.165, 1.54) is 0 Å². The van der Waals surface area contributed by atoms with Crippen LogP contribution in [0.15, 0.2) is 36.7 Å². The second kappa shape index (κ2) is 6.11. The minimum atomic E-state index is 0.411. The van der Waals surface area contributed by atoms with Crippen LogP contribution >= 0.6 is 12.2 Å². The van der Waals surface area contributed by atoms with Crippen LogP contribution in [-0.2, 0) is 6.54 Å². The average Bonchev–Trinajstić information content (AvgIpc) is 2.88. The van der Waals surface area contributed by atoms with Gasteiger partial charge in [0.05, 0.1) is 6.20 Å². The summed E-state index contributed by atoms with van der Waals surface area (Å²) in [5, 5.41) is 11.0. The van der Waals surface area contributed by atoms with E-state index in [4.69, 9.17) is 18.0 Å². The van der Waals surface area contributed by atoms with Gasteiger partial charge in [-0.3, -0.25) is 4.68 Å². The summed E-state index contributed by atoms with van der Waals surface area (Å²) in [6, 6.07) is 7.78. The molecule has 0 atom stereocenters. The Hall–Kier alpha value is -1.95. The van der Waals surface area contributed by atoms with Gasteiger partial charge in [0.15, 0.2) is 0 Å². The molecule has 0 saturated carbocycles. The molecule has 1 aromatic heterocycles. The largest absolute Gasteiger partial charge is 0.389 e. The van der Waals surface area contributed by atoms with Crippen LogP contribution in [0.2, 0.25) is 0 Å². The molecule has 1 aromatic carbocycles. The molecule has 2 rings (SSSR count). The third kappa shape index (κ3) is 3.27. The van der Waals surface area contributed by atoms with E-state index in [1.807, 2.05) is 30.5 Å². The van der Waals surface area contributed by atoms with Crippen LogP contribution in [0.25, 0.3) is 0 Å². The summed E-state index contributed by atoms with van der Waals surface area (Å²) in [5.74, 6) is 0. The highest BCUT2D eigenvalue weighted by molar-refractivity contribution is 7.80. The molecule has 1 heterocycles. The van der Waals surface area contributed by atoms with E-state index in [-0.39, 0.29) is 0 Å². The van der Waals surface area contributed by atoms with Gasteiger partial charge in [-0.25, -0.2) is 0 Å². The van der Waals surface area contributed by atoms with E-state index in [9.17, 15) is 0 Å². The molecule has 0 fully saturated rings. The lowest BCUT2D eigenvalue weighted by Gasteiger charge is -2.10. The number of benzene rings is 1. The van der Waals surface area contributed by atoms with Crippen LogP contribution < -0.4 is 11.1 Å². The third-order valence-electron chi connectivity index (χ3n) is 2.54. The smallest absolute Gasteiger partial charge is 0.106 e. The van der Waals surface area contributed by atoms with E-state index in [1.54, 1.807) is 10.9 Å². The number of hydrogen-bond donors (Lipinski definition) is 2. The van der Waals surface area contributed by atoms with Crippen molar-refractivity contribution >= 4 is 22.9 Å². The molecule has 0 aliphatic rings. The molecule has 0 unspecified atom stereocenters. The van der Waals surface area contributed by atoms with Gasteiger partial charge in [-0.2, -0.15) is 0 Å². The van der Waals surface area contributed by atoms with E-state index in [2.05, 4.69) is 15.6 Å². The maximum atomic E-state index is 5.67. The van der Waals surface area contributed by atoms with E-state index >= 15 is 0 Å². The molecule has 0 spiro atoms. The minimum absolute atomic E-state index is 0.411. The molecule has 0 saturated heterocycles. The van der Waals surface area contributed by atoms with E-state index < -0.39 is 0 Å². The molecule has 0 radical (unpaired) electrons. The number of aryl methyl sites for hydroxylation is 1. The predicted molar refractivity (Wildman–Crippen MR) is 75.5 cm³/mol. The minimum Gasteiger partial charge on any atom is -0.389 e. The molecular formula is C12H15N5S. The Kier molecular flexibility index (Phi) is 4.25. The van der Waals surface area contributed by atoms with Crippen LogP contribution in [0.5, 0.6) is 0 Å². The Morgan fingerprint density at radius 3 is 2.94 bits per heavy atom. The topological polar surface area (TPSA) is 68.8 Å². The fourth-order valence-electron chi connectivity index (χ4n) is 1.67. The van der Waals surface area contributed by atoms with Crippen molar-refractivity contribution in [3.05, 3.63) is 42.2 Å². The Bertz CT molecular complexity index is 509. The lowest BCUT2D eigenvalue weighted by molar-refractivity contribution is 0.570. The molecule has 0 amide bonds. The first-order valence-corrected chi connectivity index (χ1v) is 6.15. The number of rotatable bonds is 6. The Labute approximate surface area is 111 Å². The molecule has 2 aromatic rings. The Morgan fingerprint density at radius 2 is 2.22 bits per heavy atom. The molecule has 18 heavy (non-hydrogen) atoms. The monoisotopic (exact) mass is 261 g/mol.